The predicted octanol–water partition coefficient (Wildman–Crippen LogP) is 8.78. The molecule has 0 N–H and O–H groups in total. The molecule has 0 fully saturated rings. The van der Waals surface area contributed by atoms with Crippen molar-refractivity contribution < 1.29 is 9.47 Å². The first-order valence-corrected chi connectivity index (χ1v) is 12.8. The smallest absolute Gasteiger partial charge is 0.134 e. The van der Waals surface area contributed by atoms with E-state index in [1.54, 1.807) is 14.2 Å². The number of ether oxygens (including phenoxy) is 2. The van der Waals surface area contributed by atoms with E-state index in [0.29, 0.717) is 0 Å². The topological polar surface area (TPSA) is 18.5 Å². The first kappa shape index (κ1) is 23.4. The second-order valence-corrected chi connectivity index (χ2v) is 10.5. The standard InChI is InChI=1S/C35H32O2/c1-21-8-7-9-25(18-21)35(4)31-19-22(2)10-13-27(31)28-15-12-24(20-32(28)35)26-16-17-29-30(34(26)37-6)14-11-23(3)33(29)36-5/h7-20H,1-6H3. The lowest BCUT2D eigenvalue weighted by atomic mass is 9.73. The Kier molecular flexibility index (Phi) is 5.38. The molecule has 1 atom stereocenters. The van der Waals surface area contributed by atoms with Crippen molar-refractivity contribution in [1.29, 1.82) is 0 Å². The van der Waals surface area contributed by atoms with Crippen LogP contribution in [0.5, 0.6) is 11.5 Å². The van der Waals surface area contributed by atoms with E-state index in [9.17, 15) is 0 Å². The normalized spacial score (nSPS) is 15.9. The molecule has 1 unspecified atom stereocenters. The van der Waals surface area contributed by atoms with Crippen LogP contribution in [0.25, 0.3) is 33.0 Å². The highest BCUT2D eigenvalue weighted by Crippen LogP contribution is 2.54. The van der Waals surface area contributed by atoms with Crippen LogP contribution in [0.3, 0.4) is 0 Å². The van der Waals surface area contributed by atoms with Crippen LogP contribution in [-0.2, 0) is 5.41 Å². The second-order valence-electron chi connectivity index (χ2n) is 10.5. The summed E-state index contributed by atoms with van der Waals surface area (Å²) in [6.07, 6.45) is 0. The molecule has 184 valence electrons. The average molecular weight is 485 g/mol. The SMILES string of the molecule is COc1c(C)ccc2c(OC)c(-c3ccc4c(c3)C(C)(c3cccc(C)c3)c3cc(C)ccc3-4)ccc12. The highest BCUT2D eigenvalue weighted by atomic mass is 16.5. The summed E-state index contributed by atoms with van der Waals surface area (Å²) < 4.78 is 11.8. The number of hydrogen-bond donors (Lipinski definition) is 0. The van der Waals surface area contributed by atoms with E-state index in [-0.39, 0.29) is 5.41 Å². The molecule has 0 saturated carbocycles. The maximum absolute atomic E-state index is 6.05. The van der Waals surface area contributed by atoms with Crippen molar-refractivity contribution in [2.75, 3.05) is 14.2 Å². The molecule has 5 aromatic carbocycles. The molecule has 1 aliphatic rings. The molecule has 0 amide bonds. The minimum absolute atomic E-state index is 0.247. The molecule has 37 heavy (non-hydrogen) atoms. The van der Waals surface area contributed by atoms with Crippen molar-refractivity contribution in [3.8, 4) is 33.8 Å². The third kappa shape index (κ3) is 3.39. The Bertz CT molecular complexity index is 1690. The van der Waals surface area contributed by atoms with Gasteiger partial charge in [-0.2, -0.15) is 0 Å². The summed E-state index contributed by atoms with van der Waals surface area (Å²) in [4.78, 5) is 0. The van der Waals surface area contributed by atoms with Crippen LogP contribution >= 0.6 is 0 Å². The van der Waals surface area contributed by atoms with Gasteiger partial charge in [0.15, 0.2) is 0 Å². The van der Waals surface area contributed by atoms with E-state index < -0.39 is 0 Å². The van der Waals surface area contributed by atoms with Crippen molar-refractivity contribution in [1.82, 2.24) is 0 Å². The lowest BCUT2D eigenvalue weighted by Crippen LogP contribution is -2.22. The number of fused-ring (bicyclic) bond motifs is 4. The second kappa shape index (κ2) is 8.52. The molecular formula is C35H32O2. The van der Waals surface area contributed by atoms with Gasteiger partial charge in [-0.25, -0.2) is 0 Å². The molecule has 0 spiro atoms. The van der Waals surface area contributed by atoms with Gasteiger partial charge in [0.05, 0.1) is 14.2 Å². The highest BCUT2D eigenvalue weighted by Gasteiger charge is 2.41. The van der Waals surface area contributed by atoms with E-state index in [1.807, 2.05) is 0 Å². The van der Waals surface area contributed by atoms with Crippen LogP contribution in [0.2, 0.25) is 0 Å². The van der Waals surface area contributed by atoms with Crippen LogP contribution < -0.4 is 9.47 Å². The van der Waals surface area contributed by atoms with Gasteiger partial charge in [-0.3, -0.25) is 0 Å². The number of aryl methyl sites for hydroxylation is 3. The van der Waals surface area contributed by atoms with Gasteiger partial charge in [0, 0.05) is 21.8 Å². The molecule has 1 aliphatic carbocycles. The largest absolute Gasteiger partial charge is 0.496 e. The average Bonchev–Trinajstić information content (AvgIpc) is 3.16. The van der Waals surface area contributed by atoms with Crippen molar-refractivity contribution in [3.05, 3.63) is 118 Å². The molecule has 0 heterocycles. The summed E-state index contributed by atoms with van der Waals surface area (Å²) in [6, 6.07) is 31.3. The van der Waals surface area contributed by atoms with Crippen LogP contribution in [0, 0.1) is 20.8 Å². The Labute approximate surface area is 219 Å². The Hall–Kier alpha value is -4.04. The molecule has 2 heteroatoms. The summed E-state index contributed by atoms with van der Waals surface area (Å²) in [7, 11) is 3.49. The van der Waals surface area contributed by atoms with E-state index >= 15 is 0 Å². The minimum Gasteiger partial charge on any atom is -0.496 e. The third-order valence-corrected chi connectivity index (χ3v) is 8.18. The summed E-state index contributed by atoms with van der Waals surface area (Å²) in [5.74, 6) is 1.77. The van der Waals surface area contributed by atoms with Crippen LogP contribution in [-0.4, -0.2) is 14.2 Å². The van der Waals surface area contributed by atoms with Gasteiger partial charge in [-0.05, 0) is 84.8 Å². The van der Waals surface area contributed by atoms with Crippen LogP contribution in [0.15, 0.2) is 84.9 Å². The number of methoxy groups -OCH3 is 2. The van der Waals surface area contributed by atoms with Gasteiger partial charge in [-0.1, -0.05) is 77.9 Å². The minimum atomic E-state index is -0.247. The molecular weight excluding hydrogens is 452 g/mol. The van der Waals surface area contributed by atoms with E-state index in [2.05, 4.69) is 113 Å². The monoisotopic (exact) mass is 484 g/mol. The highest BCUT2D eigenvalue weighted by molar-refractivity contribution is 5.99. The molecule has 0 radical (unpaired) electrons. The van der Waals surface area contributed by atoms with E-state index in [4.69, 9.17) is 9.47 Å². The van der Waals surface area contributed by atoms with Crippen molar-refractivity contribution >= 4 is 10.8 Å². The number of hydrogen-bond acceptors (Lipinski definition) is 2. The fraction of sp³-hybridized carbons (Fsp3) is 0.200. The first-order chi connectivity index (χ1) is 17.9. The van der Waals surface area contributed by atoms with Crippen molar-refractivity contribution in [3.63, 3.8) is 0 Å². The summed E-state index contributed by atoms with van der Waals surface area (Å²) in [5.41, 5.74) is 12.3. The third-order valence-electron chi connectivity index (χ3n) is 8.18. The van der Waals surface area contributed by atoms with Crippen molar-refractivity contribution in [2.45, 2.75) is 33.1 Å². The lowest BCUT2D eigenvalue weighted by Gasteiger charge is -2.29. The number of rotatable bonds is 4. The molecule has 0 saturated heterocycles. The molecule has 0 aromatic heterocycles. The maximum Gasteiger partial charge on any atom is 0.134 e. The van der Waals surface area contributed by atoms with E-state index in [1.165, 1.54) is 38.9 Å². The summed E-state index contributed by atoms with van der Waals surface area (Å²) in [6.45, 7) is 8.80. The Morgan fingerprint density at radius 2 is 1.19 bits per heavy atom. The van der Waals surface area contributed by atoms with Gasteiger partial charge in [-0.15, -0.1) is 0 Å². The molecule has 6 rings (SSSR count). The molecule has 0 aliphatic heterocycles. The predicted molar refractivity (Wildman–Crippen MR) is 154 cm³/mol. The first-order valence-electron chi connectivity index (χ1n) is 12.8. The molecule has 0 bridgehead atoms. The van der Waals surface area contributed by atoms with Gasteiger partial charge < -0.3 is 9.47 Å². The van der Waals surface area contributed by atoms with Crippen LogP contribution in [0.1, 0.15) is 40.3 Å². The van der Waals surface area contributed by atoms with E-state index in [0.717, 1.165) is 39.0 Å². The summed E-state index contributed by atoms with van der Waals surface area (Å²) in [5, 5.41) is 2.13. The Balaban J connectivity index is 1.61. The molecule has 5 aromatic rings. The fourth-order valence-electron chi connectivity index (χ4n) is 6.26. The Morgan fingerprint density at radius 3 is 1.92 bits per heavy atom. The van der Waals surface area contributed by atoms with Crippen LogP contribution in [0.4, 0.5) is 0 Å². The van der Waals surface area contributed by atoms with Gasteiger partial charge in [0.25, 0.3) is 0 Å². The lowest BCUT2D eigenvalue weighted by molar-refractivity contribution is 0.414. The zero-order valence-corrected chi connectivity index (χ0v) is 22.4. The van der Waals surface area contributed by atoms with Gasteiger partial charge in [0.1, 0.15) is 11.5 Å². The van der Waals surface area contributed by atoms with Gasteiger partial charge in [0.2, 0.25) is 0 Å². The maximum atomic E-state index is 6.05. The van der Waals surface area contributed by atoms with Crippen molar-refractivity contribution in [2.24, 2.45) is 0 Å². The Morgan fingerprint density at radius 1 is 0.568 bits per heavy atom. The number of benzene rings is 5. The quantitative estimate of drug-likeness (QED) is 0.254. The fourth-order valence-corrected chi connectivity index (χ4v) is 6.26. The van der Waals surface area contributed by atoms with Gasteiger partial charge >= 0.3 is 0 Å². The summed E-state index contributed by atoms with van der Waals surface area (Å²) >= 11 is 0. The molecule has 2 nitrogen and oxygen atoms in total. The zero-order chi connectivity index (χ0) is 25.9. The zero-order valence-electron chi connectivity index (χ0n) is 22.4.